The van der Waals surface area contributed by atoms with Gasteiger partial charge in [0, 0.05) is 5.56 Å². The monoisotopic (exact) mass is 274 g/mol. The van der Waals surface area contributed by atoms with Crippen LogP contribution in [0.3, 0.4) is 0 Å². The molecule has 0 saturated heterocycles. The zero-order valence-electron chi connectivity index (χ0n) is 8.93. The van der Waals surface area contributed by atoms with Gasteiger partial charge in [-0.05, 0) is 23.8 Å². The first kappa shape index (κ1) is 12.9. The molecule has 0 saturated carbocycles. The van der Waals surface area contributed by atoms with Gasteiger partial charge in [0.25, 0.3) is 0 Å². The minimum Gasteiger partial charge on any atom is -0.206 e. The van der Waals surface area contributed by atoms with Crippen molar-refractivity contribution < 1.29 is 17.6 Å². The van der Waals surface area contributed by atoms with Crippen LogP contribution in [0.4, 0.5) is 17.6 Å². The Morgan fingerprint density at radius 3 is 2.17 bits per heavy atom. The largest absolute Gasteiger partial charge is 0.417 e. The SMILES string of the molecule is Fc1cccc(Cl)c1-c1ccccc1C(F)(F)F. The molecular weight excluding hydrogens is 268 g/mol. The number of halogens is 5. The molecule has 2 aromatic carbocycles. The van der Waals surface area contributed by atoms with Crippen molar-refractivity contribution in [1.82, 2.24) is 0 Å². The van der Waals surface area contributed by atoms with Gasteiger partial charge in [-0.2, -0.15) is 13.2 Å². The minimum atomic E-state index is -4.55. The molecule has 0 nitrogen and oxygen atoms in total. The van der Waals surface area contributed by atoms with E-state index in [1.165, 1.54) is 30.3 Å². The second kappa shape index (κ2) is 4.61. The van der Waals surface area contributed by atoms with Crippen LogP contribution in [0.5, 0.6) is 0 Å². The molecule has 0 spiro atoms. The van der Waals surface area contributed by atoms with E-state index in [-0.39, 0.29) is 16.1 Å². The molecule has 0 unspecified atom stereocenters. The highest BCUT2D eigenvalue weighted by atomic mass is 35.5. The normalized spacial score (nSPS) is 11.6. The predicted octanol–water partition coefficient (Wildman–Crippen LogP) is 5.16. The molecule has 0 aliphatic rings. The van der Waals surface area contributed by atoms with E-state index in [2.05, 4.69) is 0 Å². The van der Waals surface area contributed by atoms with Gasteiger partial charge < -0.3 is 0 Å². The number of alkyl halides is 3. The van der Waals surface area contributed by atoms with Crippen molar-refractivity contribution >= 4 is 11.6 Å². The van der Waals surface area contributed by atoms with Crippen molar-refractivity contribution in [2.75, 3.05) is 0 Å². The Hall–Kier alpha value is -1.55. The van der Waals surface area contributed by atoms with E-state index < -0.39 is 17.6 Å². The molecule has 0 atom stereocenters. The molecule has 0 heterocycles. The summed E-state index contributed by atoms with van der Waals surface area (Å²) in [4.78, 5) is 0. The first-order valence-corrected chi connectivity index (χ1v) is 5.39. The van der Waals surface area contributed by atoms with Crippen molar-refractivity contribution in [3.63, 3.8) is 0 Å². The van der Waals surface area contributed by atoms with Gasteiger partial charge in [-0.3, -0.25) is 0 Å². The molecule has 5 heteroatoms. The number of benzene rings is 2. The zero-order valence-corrected chi connectivity index (χ0v) is 9.69. The Labute approximate surface area is 106 Å². The van der Waals surface area contributed by atoms with Gasteiger partial charge in [-0.15, -0.1) is 0 Å². The summed E-state index contributed by atoms with van der Waals surface area (Å²) in [5.41, 5.74) is -1.39. The van der Waals surface area contributed by atoms with E-state index in [1.807, 2.05) is 0 Å². The van der Waals surface area contributed by atoms with E-state index in [4.69, 9.17) is 11.6 Å². The standard InChI is InChI=1S/C13H7ClF4/c14-10-6-3-7-11(15)12(10)8-4-1-2-5-9(8)13(16,17)18/h1-7H. The molecule has 0 amide bonds. The van der Waals surface area contributed by atoms with E-state index in [0.717, 1.165) is 12.1 Å². The first-order valence-electron chi connectivity index (χ1n) is 5.02. The number of rotatable bonds is 1. The van der Waals surface area contributed by atoms with Crippen LogP contribution in [-0.2, 0) is 6.18 Å². The van der Waals surface area contributed by atoms with Crippen molar-refractivity contribution in [2.45, 2.75) is 6.18 Å². The molecule has 0 N–H and O–H groups in total. The van der Waals surface area contributed by atoms with Crippen LogP contribution in [0.25, 0.3) is 11.1 Å². The lowest BCUT2D eigenvalue weighted by molar-refractivity contribution is -0.137. The van der Waals surface area contributed by atoms with Gasteiger partial charge in [-0.1, -0.05) is 35.9 Å². The van der Waals surface area contributed by atoms with Crippen molar-refractivity contribution in [2.24, 2.45) is 0 Å². The summed E-state index contributed by atoms with van der Waals surface area (Å²) in [5.74, 6) is -0.779. The molecule has 18 heavy (non-hydrogen) atoms. The molecule has 0 aromatic heterocycles. The van der Waals surface area contributed by atoms with Gasteiger partial charge >= 0.3 is 6.18 Å². The summed E-state index contributed by atoms with van der Waals surface area (Å²) in [5, 5.41) is -0.0494. The Morgan fingerprint density at radius 2 is 1.56 bits per heavy atom. The average Bonchev–Trinajstić information content (AvgIpc) is 2.28. The minimum absolute atomic E-state index is 0.0494. The highest BCUT2D eigenvalue weighted by Gasteiger charge is 2.34. The van der Waals surface area contributed by atoms with Gasteiger partial charge in [-0.25, -0.2) is 4.39 Å². The Kier molecular flexibility index (Phi) is 3.30. The van der Waals surface area contributed by atoms with Crippen LogP contribution in [0.1, 0.15) is 5.56 Å². The second-order valence-corrected chi connectivity index (χ2v) is 4.05. The fourth-order valence-electron chi connectivity index (χ4n) is 1.70. The second-order valence-electron chi connectivity index (χ2n) is 3.64. The third kappa shape index (κ3) is 2.34. The van der Waals surface area contributed by atoms with Crippen LogP contribution in [0, 0.1) is 5.82 Å². The predicted molar refractivity (Wildman–Crippen MR) is 61.8 cm³/mol. The molecule has 2 rings (SSSR count). The molecule has 94 valence electrons. The maximum absolute atomic E-state index is 13.7. The van der Waals surface area contributed by atoms with E-state index in [1.54, 1.807) is 0 Å². The summed E-state index contributed by atoms with van der Waals surface area (Å²) in [7, 11) is 0. The third-order valence-electron chi connectivity index (χ3n) is 2.46. The Morgan fingerprint density at radius 1 is 0.889 bits per heavy atom. The molecule has 0 aliphatic carbocycles. The topological polar surface area (TPSA) is 0 Å². The Bertz CT molecular complexity index is 555. The molecular formula is C13H7ClF4. The Balaban J connectivity index is 2.73. The average molecular weight is 275 g/mol. The molecule has 0 fully saturated rings. The summed E-state index contributed by atoms with van der Waals surface area (Å²) in [6.45, 7) is 0. The quantitative estimate of drug-likeness (QED) is 0.630. The van der Waals surface area contributed by atoms with E-state index >= 15 is 0 Å². The van der Waals surface area contributed by atoms with Gasteiger partial charge in [0.1, 0.15) is 5.82 Å². The lowest BCUT2D eigenvalue weighted by Crippen LogP contribution is -2.07. The van der Waals surface area contributed by atoms with Crippen LogP contribution >= 0.6 is 11.6 Å². The van der Waals surface area contributed by atoms with Crippen LogP contribution < -0.4 is 0 Å². The van der Waals surface area contributed by atoms with Gasteiger partial charge in [0.05, 0.1) is 10.6 Å². The fraction of sp³-hybridized carbons (Fsp3) is 0.0769. The van der Waals surface area contributed by atoms with Gasteiger partial charge in [0.15, 0.2) is 0 Å². The molecule has 0 radical (unpaired) electrons. The van der Waals surface area contributed by atoms with Gasteiger partial charge in [0.2, 0.25) is 0 Å². The van der Waals surface area contributed by atoms with Crippen molar-refractivity contribution in [3.05, 3.63) is 58.9 Å². The molecule has 2 aromatic rings. The molecule has 0 bridgehead atoms. The maximum Gasteiger partial charge on any atom is 0.417 e. The smallest absolute Gasteiger partial charge is 0.206 e. The fourth-order valence-corrected chi connectivity index (χ4v) is 1.97. The summed E-state index contributed by atoms with van der Waals surface area (Å²) in [6, 6.07) is 8.54. The molecule has 0 aliphatic heterocycles. The van der Waals surface area contributed by atoms with Crippen molar-refractivity contribution in [3.8, 4) is 11.1 Å². The highest BCUT2D eigenvalue weighted by Crippen LogP contribution is 2.40. The summed E-state index contributed by atoms with van der Waals surface area (Å²) in [6.07, 6.45) is -4.55. The number of hydrogen-bond acceptors (Lipinski definition) is 0. The number of hydrogen-bond donors (Lipinski definition) is 0. The summed E-state index contributed by atoms with van der Waals surface area (Å²) < 4.78 is 52.1. The van der Waals surface area contributed by atoms with Crippen molar-refractivity contribution in [1.29, 1.82) is 0 Å². The van der Waals surface area contributed by atoms with E-state index in [9.17, 15) is 17.6 Å². The first-order chi connectivity index (χ1) is 8.41. The summed E-state index contributed by atoms with van der Waals surface area (Å²) >= 11 is 5.78. The van der Waals surface area contributed by atoms with Crippen LogP contribution in [0.15, 0.2) is 42.5 Å². The van der Waals surface area contributed by atoms with E-state index in [0.29, 0.717) is 0 Å². The van der Waals surface area contributed by atoms with Crippen LogP contribution in [-0.4, -0.2) is 0 Å². The zero-order chi connectivity index (χ0) is 13.3. The maximum atomic E-state index is 13.7. The van der Waals surface area contributed by atoms with Crippen LogP contribution in [0.2, 0.25) is 5.02 Å². The third-order valence-corrected chi connectivity index (χ3v) is 2.78. The lowest BCUT2D eigenvalue weighted by Gasteiger charge is -2.14. The lowest BCUT2D eigenvalue weighted by atomic mass is 9.99. The highest BCUT2D eigenvalue weighted by molar-refractivity contribution is 6.33.